The highest BCUT2D eigenvalue weighted by molar-refractivity contribution is 5.78. The number of hydrogen-bond acceptors (Lipinski definition) is 4. The van der Waals surface area contributed by atoms with Crippen molar-refractivity contribution in [2.75, 3.05) is 32.7 Å². The minimum atomic E-state index is -0.901. The molecule has 0 aromatic heterocycles. The van der Waals surface area contributed by atoms with Gasteiger partial charge in [0.05, 0.1) is 31.8 Å². The summed E-state index contributed by atoms with van der Waals surface area (Å²) in [4.78, 5) is 26.4. The summed E-state index contributed by atoms with van der Waals surface area (Å²) in [6.45, 7) is 8.12. The third kappa shape index (κ3) is 4.08. The number of carboxylic acid groups (broad SMARTS) is 1. The normalized spacial score (nSPS) is 27.2. The predicted octanol–water partition coefficient (Wildman–Crippen LogP) is -0.0359. The minimum Gasteiger partial charge on any atom is -0.465 e. The van der Waals surface area contributed by atoms with Crippen LogP contribution < -0.4 is 5.32 Å². The van der Waals surface area contributed by atoms with E-state index in [1.165, 1.54) is 4.90 Å². The summed E-state index contributed by atoms with van der Waals surface area (Å²) in [6.07, 6.45) is -1.18. The van der Waals surface area contributed by atoms with Crippen LogP contribution in [0.15, 0.2) is 0 Å². The summed E-state index contributed by atoms with van der Waals surface area (Å²) < 4.78 is 5.74. The molecule has 2 aliphatic heterocycles. The lowest BCUT2D eigenvalue weighted by atomic mass is 10.1. The van der Waals surface area contributed by atoms with Crippen LogP contribution in [0.3, 0.4) is 0 Å². The average molecular weight is 285 g/mol. The van der Waals surface area contributed by atoms with E-state index in [4.69, 9.17) is 9.84 Å². The standard InChI is InChI=1S/C13H23N3O4/c1-13(2,3)14-11(17)8-15-4-9-6-16(12(18)19)7-10(5-15)20-9/h9-10H,4-8H2,1-3H3,(H,14,17)(H,18,19). The van der Waals surface area contributed by atoms with Gasteiger partial charge in [-0.25, -0.2) is 4.79 Å². The molecule has 0 aromatic carbocycles. The minimum absolute atomic E-state index is 0.00689. The Kier molecular flexibility index (Phi) is 4.19. The monoisotopic (exact) mass is 285 g/mol. The van der Waals surface area contributed by atoms with Gasteiger partial charge < -0.3 is 20.1 Å². The number of morpholine rings is 2. The molecular weight excluding hydrogens is 262 g/mol. The maximum absolute atomic E-state index is 11.9. The summed E-state index contributed by atoms with van der Waals surface area (Å²) >= 11 is 0. The summed E-state index contributed by atoms with van der Waals surface area (Å²) in [5, 5.41) is 12.0. The molecule has 2 saturated heterocycles. The number of nitrogens with zero attached hydrogens (tertiary/aromatic N) is 2. The second kappa shape index (κ2) is 5.57. The van der Waals surface area contributed by atoms with E-state index in [2.05, 4.69) is 5.32 Å². The number of carbonyl (C=O) groups is 2. The molecule has 0 radical (unpaired) electrons. The van der Waals surface area contributed by atoms with E-state index in [0.29, 0.717) is 32.7 Å². The van der Waals surface area contributed by atoms with Crippen molar-refractivity contribution >= 4 is 12.0 Å². The zero-order valence-electron chi connectivity index (χ0n) is 12.3. The summed E-state index contributed by atoms with van der Waals surface area (Å²) in [6, 6.07) is 0. The molecule has 2 heterocycles. The van der Waals surface area contributed by atoms with E-state index in [9.17, 15) is 9.59 Å². The average Bonchev–Trinajstić information content (AvgIpc) is 2.24. The summed E-state index contributed by atoms with van der Waals surface area (Å²) in [5.41, 5.74) is -0.237. The van der Waals surface area contributed by atoms with Crippen molar-refractivity contribution in [2.24, 2.45) is 0 Å². The van der Waals surface area contributed by atoms with E-state index < -0.39 is 6.09 Å². The zero-order valence-corrected chi connectivity index (χ0v) is 12.3. The maximum Gasteiger partial charge on any atom is 0.407 e. The Morgan fingerprint density at radius 2 is 1.75 bits per heavy atom. The molecule has 20 heavy (non-hydrogen) atoms. The molecule has 2 N–H and O–H groups in total. The highest BCUT2D eigenvalue weighted by Gasteiger charge is 2.37. The Labute approximate surface area is 118 Å². The van der Waals surface area contributed by atoms with Crippen LogP contribution in [-0.2, 0) is 9.53 Å². The van der Waals surface area contributed by atoms with E-state index in [-0.39, 0.29) is 23.7 Å². The molecule has 2 atom stereocenters. The lowest BCUT2D eigenvalue weighted by molar-refractivity contribution is -0.141. The van der Waals surface area contributed by atoms with Gasteiger partial charge in [-0.2, -0.15) is 0 Å². The Bertz CT molecular complexity index is 380. The van der Waals surface area contributed by atoms with Crippen LogP contribution in [0.25, 0.3) is 0 Å². The number of rotatable bonds is 2. The number of fused-ring (bicyclic) bond motifs is 2. The van der Waals surface area contributed by atoms with Gasteiger partial charge >= 0.3 is 6.09 Å². The van der Waals surface area contributed by atoms with Crippen LogP contribution in [0.5, 0.6) is 0 Å². The SMILES string of the molecule is CC(C)(C)NC(=O)CN1CC2CN(C(=O)O)CC(C1)O2. The molecule has 0 spiro atoms. The summed E-state index contributed by atoms with van der Waals surface area (Å²) in [5.74, 6) is -0.00689. The molecule has 2 amide bonds. The van der Waals surface area contributed by atoms with Crippen molar-refractivity contribution in [3.8, 4) is 0 Å². The van der Waals surface area contributed by atoms with Crippen molar-refractivity contribution in [2.45, 2.75) is 38.5 Å². The van der Waals surface area contributed by atoms with Crippen molar-refractivity contribution < 1.29 is 19.4 Å². The van der Waals surface area contributed by atoms with Crippen molar-refractivity contribution in [1.82, 2.24) is 15.1 Å². The van der Waals surface area contributed by atoms with Gasteiger partial charge in [-0.15, -0.1) is 0 Å². The van der Waals surface area contributed by atoms with E-state index in [1.807, 2.05) is 25.7 Å². The highest BCUT2D eigenvalue weighted by atomic mass is 16.5. The van der Waals surface area contributed by atoms with E-state index in [0.717, 1.165) is 0 Å². The third-order valence-corrected chi connectivity index (χ3v) is 3.31. The fourth-order valence-corrected chi connectivity index (χ4v) is 2.72. The summed E-state index contributed by atoms with van der Waals surface area (Å²) in [7, 11) is 0. The fourth-order valence-electron chi connectivity index (χ4n) is 2.72. The Balaban J connectivity index is 1.86. The zero-order chi connectivity index (χ0) is 14.9. The van der Waals surface area contributed by atoms with Gasteiger partial charge in [0.15, 0.2) is 0 Å². The van der Waals surface area contributed by atoms with Crippen molar-refractivity contribution in [3.63, 3.8) is 0 Å². The van der Waals surface area contributed by atoms with Gasteiger partial charge in [-0.05, 0) is 20.8 Å². The van der Waals surface area contributed by atoms with Crippen molar-refractivity contribution in [1.29, 1.82) is 0 Å². The van der Waals surface area contributed by atoms with Crippen LogP contribution >= 0.6 is 0 Å². The molecule has 2 fully saturated rings. The molecule has 7 nitrogen and oxygen atoms in total. The van der Waals surface area contributed by atoms with Crippen LogP contribution in [0.1, 0.15) is 20.8 Å². The van der Waals surface area contributed by atoms with Crippen LogP contribution in [0, 0.1) is 0 Å². The molecule has 2 rings (SSSR count). The molecular formula is C13H23N3O4. The molecule has 0 aliphatic carbocycles. The molecule has 2 aliphatic rings. The number of ether oxygens (including phenoxy) is 1. The molecule has 2 bridgehead atoms. The molecule has 0 aromatic rings. The third-order valence-electron chi connectivity index (χ3n) is 3.31. The van der Waals surface area contributed by atoms with Gasteiger partial charge in [-0.1, -0.05) is 0 Å². The van der Waals surface area contributed by atoms with Crippen molar-refractivity contribution in [3.05, 3.63) is 0 Å². The first-order chi connectivity index (χ1) is 9.23. The molecule has 2 unspecified atom stereocenters. The first kappa shape index (κ1) is 15.1. The van der Waals surface area contributed by atoms with E-state index in [1.54, 1.807) is 0 Å². The fraction of sp³-hybridized carbons (Fsp3) is 0.846. The van der Waals surface area contributed by atoms with Gasteiger partial charge in [0.2, 0.25) is 5.91 Å². The maximum atomic E-state index is 11.9. The van der Waals surface area contributed by atoms with Gasteiger partial charge in [0, 0.05) is 18.6 Å². The largest absolute Gasteiger partial charge is 0.465 e. The smallest absolute Gasteiger partial charge is 0.407 e. The Hall–Kier alpha value is -1.34. The lowest BCUT2D eigenvalue weighted by Crippen LogP contribution is -2.61. The van der Waals surface area contributed by atoms with Crippen LogP contribution in [-0.4, -0.2) is 77.4 Å². The number of carbonyl (C=O) groups excluding carboxylic acids is 1. The predicted molar refractivity (Wildman–Crippen MR) is 72.6 cm³/mol. The van der Waals surface area contributed by atoms with Gasteiger partial charge in [-0.3, -0.25) is 9.69 Å². The quantitative estimate of drug-likeness (QED) is 0.744. The first-order valence-electron chi connectivity index (χ1n) is 6.89. The van der Waals surface area contributed by atoms with Gasteiger partial charge in [0.25, 0.3) is 0 Å². The topological polar surface area (TPSA) is 82.1 Å². The number of nitrogens with one attached hydrogen (secondary N) is 1. The molecule has 0 saturated carbocycles. The second-order valence-corrected chi connectivity index (χ2v) is 6.56. The Morgan fingerprint density at radius 1 is 1.20 bits per heavy atom. The second-order valence-electron chi connectivity index (χ2n) is 6.56. The molecule has 7 heteroatoms. The first-order valence-corrected chi connectivity index (χ1v) is 6.89. The highest BCUT2D eigenvalue weighted by Crippen LogP contribution is 2.19. The van der Waals surface area contributed by atoms with Crippen LogP contribution in [0.2, 0.25) is 0 Å². The van der Waals surface area contributed by atoms with Crippen LogP contribution in [0.4, 0.5) is 4.79 Å². The van der Waals surface area contributed by atoms with E-state index >= 15 is 0 Å². The number of amides is 2. The Morgan fingerprint density at radius 3 is 2.20 bits per heavy atom. The lowest BCUT2D eigenvalue weighted by Gasteiger charge is -2.44. The molecule has 114 valence electrons. The number of hydrogen-bond donors (Lipinski definition) is 2. The van der Waals surface area contributed by atoms with Gasteiger partial charge in [0.1, 0.15) is 0 Å².